The molecule has 1 atom stereocenters. The Balaban J connectivity index is 2.28. The zero-order valence-electron chi connectivity index (χ0n) is 14.4. The van der Waals surface area contributed by atoms with Crippen molar-refractivity contribution in [3.05, 3.63) is 84.1 Å². The van der Waals surface area contributed by atoms with E-state index >= 15 is 0 Å². The van der Waals surface area contributed by atoms with Crippen molar-refractivity contribution in [3.8, 4) is 0 Å². The second-order valence-corrected chi connectivity index (χ2v) is 11.2. The minimum absolute atomic E-state index is 0.0191. The summed E-state index contributed by atoms with van der Waals surface area (Å²) in [5.74, 6) is 0. The first-order valence-electron chi connectivity index (χ1n) is 8.38. The fourth-order valence-electron chi connectivity index (χ4n) is 3.83. The van der Waals surface area contributed by atoms with Crippen LogP contribution in [0, 0.1) is 5.41 Å². The van der Waals surface area contributed by atoms with Crippen LogP contribution in [0.2, 0.25) is 12.6 Å². The summed E-state index contributed by atoms with van der Waals surface area (Å²) >= 11 is 0. The summed E-state index contributed by atoms with van der Waals surface area (Å²) in [7, 11) is -1.94. The maximum Gasteiger partial charge on any atom is 0.215 e. The van der Waals surface area contributed by atoms with Gasteiger partial charge in [-0.15, -0.1) is 6.58 Å². The lowest BCUT2D eigenvalue weighted by Gasteiger charge is -2.55. The van der Waals surface area contributed by atoms with E-state index in [2.05, 4.69) is 93.3 Å². The van der Waals surface area contributed by atoms with E-state index in [0.717, 1.165) is 12.5 Å². The third-order valence-corrected chi connectivity index (χ3v) is 8.26. The predicted octanol–water partition coefficient (Wildman–Crippen LogP) is 5.68. The van der Waals surface area contributed by atoms with Crippen molar-refractivity contribution in [1.82, 2.24) is 0 Å². The van der Waals surface area contributed by atoms with E-state index in [0.29, 0.717) is 0 Å². The van der Waals surface area contributed by atoms with Gasteiger partial charge in [0.1, 0.15) is 5.60 Å². The number of rotatable bonds is 3. The van der Waals surface area contributed by atoms with Gasteiger partial charge >= 0.3 is 0 Å². The summed E-state index contributed by atoms with van der Waals surface area (Å²) < 4.78 is 7.02. The van der Waals surface area contributed by atoms with Gasteiger partial charge in [0.15, 0.2) is 0 Å². The molecule has 1 fully saturated rings. The SMILES string of the molecule is C=C[Si]1(C)CCC(C)(C)C(c2ccccc2)(c2ccccc2)O1. The summed E-state index contributed by atoms with van der Waals surface area (Å²) in [6.45, 7) is 11.1. The highest BCUT2D eigenvalue weighted by atomic mass is 28.4. The Labute approximate surface area is 141 Å². The van der Waals surface area contributed by atoms with Gasteiger partial charge in [-0.2, -0.15) is 0 Å². The van der Waals surface area contributed by atoms with Gasteiger partial charge < -0.3 is 4.43 Å². The first-order valence-corrected chi connectivity index (χ1v) is 11.1. The molecule has 1 aliphatic heterocycles. The van der Waals surface area contributed by atoms with Crippen LogP contribution in [0.5, 0.6) is 0 Å². The predicted molar refractivity (Wildman–Crippen MR) is 99.8 cm³/mol. The minimum Gasteiger partial charge on any atom is -0.399 e. The maximum absolute atomic E-state index is 7.02. The molecule has 1 nitrogen and oxygen atoms in total. The van der Waals surface area contributed by atoms with Crippen molar-refractivity contribution in [2.24, 2.45) is 5.41 Å². The highest BCUT2D eigenvalue weighted by Crippen LogP contribution is 2.56. The largest absolute Gasteiger partial charge is 0.399 e. The van der Waals surface area contributed by atoms with E-state index in [1.165, 1.54) is 11.1 Å². The first-order chi connectivity index (χ1) is 10.9. The molecular formula is C21H26OSi. The van der Waals surface area contributed by atoms with E-state index < -0.39 is 13.9 Å². The van der Waals surface area contributed by atoms with Crippen LogP contribution in [-0.4, -0.2) is 8.32 Å². The third-order valence-electron chi connectivity index (χ3n) is 5.38. The highest BCUT2D eigenvalue weighted by Gasteiger charge is 2.55. The van der Waals surface area contributed by atoms with Crippen LogP contribution in [0.25, 0.3) is 0 Å². The summed E-state index contributed by atoms with van der Waals surface area (Å²) in [5, 5.41) is 0. The molecule has 0 spiro atoms. The highest BCUT2D eigenvalue weighted by molar-refractivity contribution is 6.77. The standard InChI is InChI=1S/C21H26OSi/c1-5-23(4)17-16-20(2,3)21(22-23,18-12-8-6-9-13-18)19-14-10-7-11-15-19/h5-15H,1,16-17H2,2-4H3. The average Bonchev–Trinajstić information content (AvgIpc) is 2.59. The second kappa shape index (κ2) is 5.77. The quantitative estimate of drug-likeness (QED) is 0.661. The van der Waals surface area contributed by atoms with Crippen molar-refractivity contribution >= 4 is 8.32 Å². The van der Waals surface area contributed by atoms with Crippen LogP contribution in [0.1, 0.15) is 31.4 Å². The van der Waals surface area contributed by atoms with Crippen molar-refractivity contribution in [3.63, 3.8) is 0 Å². The maximum atomic E-state index is 7.02. The molecule has 3 rings (SSSR count). The molecule has 0 aliphatic carbocycles. The lowest BCUT2D eigenvalue weighted by Crippen LogP contribution is -2.57. The van der Waals surface area contributed by atoms with Crippen LogP contribution in [0.4, 0.5) is 0 Å². The van der Waals surface area contributed by atoms with E-state index in [1.807, 2.05) is 0 Å². The van der Waals surface area contributed by atoms with Gasteiger partial charge in [0, 0.05) is 5.41 Å². The molecule has 1 aliphatic rings. The molecule has 120 valence electrons. The van der Waals surface area contributed by atoms with Gasteiger partial charge in [-0.25, -0.2) is 0 Å². The topological polar surface area (TPSA) is 9.23 Å². The summed E-state index contributed by atoms with van der Waals surface area (Å²) in [4.78, 5) is 0. The Bertz CT molecular complexity index is 638. The van der Waals surface area contributed by atoms with Crippen molar-refractivity contribution in [2.75, 3.05) is 0 Å². The van der Waals surface area contributed by atoms with E-state index in [-0.39, 0.29) is 5.41 Å². The molecule has 0 radical (unpaired) electrons. The summed E-state index contributed by atoms with van der Waals surface area (Å²) in [6, 6.07) is 22.5. The molecule has 0 saturated carbocycles. The van der Waals surface area contributed by atoms with Gasteiger partial charge in [-0.3, -0.25) is 0 Å². The average molecular weight is 323 g/mol. The summed E-state index contributed by atoms with van der Waals surface area (Å²) in [6.07, 6.45) is 1.14. The molecule has 1 saturated heterocycles. The molecule has 2 heteroatoms. The van der Waals surface area contributed by atoms with Crippen LogP contribution < -0.4 is 0 Å². The van der Waals surface area contributed by atoms with Crippen LogP contribution >= 0.6 is 0 Å². The molecular weight excluding hydrogens is 296 g/mol. The van der Waals surface area contributed by atoms with Crippen molar-refractivity contribution in [1.29, 1.82) is 0 Å². The normalized spacial score (nSPS) is 25.7. The first kappa shape index (κ1) is 16.2. The van der Waals surface area contributed by atoms with Crippen molar-refractivity contribution < 1.29 is 4.43 Å². The molecule has 0 amide bonds. The fraction of sp³-hybridized carbons (Fsp3) is 0.333. The minimum atomic E-state index is -1.94. The van der Waals surface area contributed by atoms with Gasteiger partial charge in [0.2, 0.25) is 8.32 Å². The smallest absolute Gasteiger partial charge is 0.215 e. The Morgan fingerprint density at radius 3 is 1.87 bits per heavy atom. The monoisotopic (exact) mass is 322 g/mol. The van der Waals surface area contributed by atoms with Crippen molar-refractivity contribution in [2.45, 2.75) is 38.5 Å². The van der Waals surface area contributed by atoms with E-state index in [9.17, 15) is 0 Å². The van der Waals surface area contributed by atoms with E-state index in [1.54, 1.807) is 0 Å². The molecule has 1 unspecified atom stereocenters. The molecule has 1 heterocycles. The molecule has 23 heavy (non-hydrogen) atoms. The lowest BCUT2D eigenvalue weighted by molar-refractivity contribution is -0.0399. The van der Waals surface area contributed by atoms with Crippen LogP contribution in [0.15, 0.2) is 72.9 Å². The third kappa shape index (κ3) is 2.60. The van der Waals surface area contributed by atoms with Gasteiger partial charge in [-0.05, 0) is 30.1 Å². The number of hydrogen-bond acceptors (Lipinski definition) is 1. The Morgan fingerprint density at radius 2 is 1.43 bits per heavy atom. The van der Waals surface area contributed by atoms with E-state index in [4.69, 9.17) is 4.43 Å². The molecule has 0 N–H and O–H groups in total. The zero-order valence-corrected chi connectivity index (χ0v) is 15.4. The second-order valence-electron chi connectivity index (χ2n) is 7.42. The fourth-order valence-corrected chi connectivity index (χ4v) is 6.55. The van der Waals surface area contributed by atoms with Gasteiger partial charge in [-0.1, -0.05) is 80.2 Å². The molecule has 0 bridgehead atoms. The molecule has 0 aromatic heterocycles. The lowest BCUT2D eigenvalue weighted by atomic mass is 9.65. The van der Waals surface area contributed by atoms with Gasteiger partial charge in [0.25, 0.3) is 0 Å². The molecule has 2 aromatic carbocycles. The Hall–Kier alpha value is -1.64. The van der Waals surface area contributed by atoms with Crippen LogP contribution in [0.3, 0.4) is 0 Å². The Morgan fingerprint density at radius 1 is 0.957 bits per heavy atom. The number of hydrogen-bond donors (Lipinski definition) is 0. The van der Waals surface area contributed by atoms with Gasteiger partial charge in [0.05, 0.1) is 0 Å². The number of benzene rings is 2. The van der Waals surface area contributed by atoms with Crippen LogP contribution in [-0.2, 0) is 10.0 Å². The Kier molecular flexibility index (Phi) is 4.07. The molecule has 2 aromatic rings. The zero-order chi connectivity index (χ0) is 16.6. The summed E-state index contributed by atoms with van der Waals surface area (Å²) in [5.41, 5.74) is 4.20.